The molecule has 0 aromatic carbocycles. The fraction of sp³-hybridized carbons (Fsp3) is 0.476. The van der Waals surface area contributed by atoms with E-state index in [4.69, 9.17) is 0 Å². The average Bonchev–Trinajstić information content (AvgIpc) is 3.53. The Morgan fingerprint density at radius 1 is 1.03 bits per heavy atom. The van der Waals surface area contributed by atoms with Crippen LogP contribution in [0, 0.1) is 0 Å². The monoisotopic (exact) mass is 407 g/mol. The third-order valence-electron chi connectivity index (χ3n) is 5.96. The summed E-state index contributed by atoms with van der Waals surface area (Å²) in [6.07, 6.45) is 7.87. The number of rotatable bonds is 5. The van der Waals surface area contributed by atoms with Crippen LogP contribution in [0.15, 0.2) is 24.5 Å². The summed E-state index contributed by atoms with van der Waals surface area (Å²) < 4.78 is 3.24. The second kappa shape index (κ2) is 7.55. The number of ketones is 1. The van der Waals surface area contributed by atoms with Gasteiger partial charge in [-0.3, -0.25) is 14.3 Å². The van der Waals surface area contributed by atoms with E-state index in [1.165, 1.54) is 23.7 Å². The average molecular weight is 407 g/mol. The number of pyridine rings is 1. The molecule has 0 radical (unpaired) electrons. The summed E-state index contributed by atoms with van der Waals surface area (Å²) in [5.41, 5.74) is 2.34. The molecule has 30 heavy (non-hydrogen) atoms. The first-order chi connectivity index (χ1) is 14.6. The number of hydrogen-bond acceptors (Lipinski definition) is 6. The molecule has 0 spiro atoms. The van der Waals surface area contributed by atoms with E-state index in [1.807, 2.05) is 18.3 Å². The van der Waals surface area contributed by atoms with Crippen LogP contribution < -0.4 is 4.90 Å². The van der Waals surface area contributed by atoms with E-state index < -0.39 is 0 Å². The standard InChI is InChI=1S/C21H25N7O2/c1-25-19(16(13-22-25)20(30)26-8-2-3-9-26)17(29)12-15-6-7-18-23-21(24-28(18)14-15)27-10-4-5-11-27/h6-7,13-14H,2-5,8-12H2,1H3. The van der Waals surface area contributed by atoms with Crippen molar-refractivity contribution in [2.24, 2.45) is 7.05 Å². The maximum absolute atomic E-state index is 13.1. The highest BCUT2D eigenvalue weighted by atomic mass is 16.2. The molecular formula is C21H25N7O2. The Labute approximate surface area is 174 Å². The number of aryl methyl sites for hydroxylation is 1. The zero-order valence-electron chi connectivity index (χ0n) is 17.1. The third kappa shape index (κ3) is 3.34. The van der Waals surface area contributed by atoms with Gasteiger partial charge in [-0.2, -0.15) is 10.1 Å². The number of likely N-dealkylation sites (tertiary alicyclic amines) is 1. The molecule has 0 N–H and O–H groups in total. The van der Waals surface area contributed by atoms with Crippen molar-refractivity contribution in [3.05, 3.63) is 41.3 Å². The van der Waals surface area contributed by atoms with Gasteiger partial charge in [-0.15, -0.1) is 5.10 Å². The Hall–Kier alpha value is -3.23. The Morgan fingerprint density at radius 2 is 1.77 bits per heavy atom. The van der Waals surface area contributed by atoms with Crippen LogP contribution in [0.3, 0.4) is 0 Å². The molecule has 9 heteroatoms. The zero-order valence-corrected chi connectivity index (χ0v) is 17.1. The van der Waals surface area contributed by atoms with Crippen LogP contribution in [0.4, 0.5) is 5.95 Å². The molecule has 5 heterocycles. The van der Waals surface area contributed by atoms with Crippen molar-refractivity contribution >= 4 is 23.3 Å². The van der Waals surface area contributed by atoms with Gasteiger partial charge < -0.3 is 9.80 Å². The van der Waals surface area contributed by atoms with Gasteiger partial charge in [0.05, 0.1) is 11.8 Å². The summed E-state index contributed by atoms with van der Waals surface area (Å²) in [7, 11) is 1.71. The zero-order chi connectivity index (χ0) is 20.7. The van der Waals surface area contributed by atoms with E-state index in [0.29, 0.717) is 11.3 Å². The predicted molar refractivity (Wildman–Crippen MR) is 111 cm³/mol. The lowest BCUT2D eigenvalue weighted by Gasteiger charge is -2.15. The van der Waals surface area contributed by atoms with Crippen LogP contribution in [0.2, 0.25) is 0 Å². The minimum atomic E-state index is -0.128. The van der Waals surface area contributed by atoms with E-state index in [1.54, 1.807) is 16.5 Å². The number of carbonyl (C=O) groups excluding carboxylic acids is 2. The van der Waals surface area contributed by atoms with Crippen LogP contribution in [0.1, 0.15) is 52.1 Å². The fourth-order valence-electron chi connectivity index (χ4n) is 4.35. The molecule has 2 aliphatic rings. The van der Waals surface area contributed by atoms with Crippen molar-refractivity contribution in [3.8, 4) is 0 Å². The summed E-state index contributed by atoms with van der Waals surface area (Å²) in [6.45, 7) is 3.44. The Bertz CT molecular complexity index is 1100. The van der Waals surface area contributed by atoms with E-state index in [9.17, 15) is 9.59 Å². The molecule has 0 unspecified atom stereocenters. The third-order valence-corrected chi connectivity index (χ3v) is 5.96. The molecule has 3 aromatic heterocycles. The second-order valence-corrected chi connectivity index (χ2v) is 8.08. The van der Waals surface area contributed by atoms with Gasteiger partial charge in [-0.25, -0.2) is 4.52 Å². The van der Waals surface area contributed by atoms with Crippen LogP contribution >= 0.6 is 0 Å². The van der Waals surface area contributed by atoms with Crippen molar-refractivity contribution in [3.63, 3.8) is 0 Å². The maximum Gasteiger partial charge on any atom is 0.257 e. The maximum atomic E-state index is 13.1. The number of fused-ring (bicyclic) bond motifs is 1. The van der Waals surface area contributed by atoms with Crippen LogP contribution in [0.25, 0.3) is 5.65 Å². The Morgan fingerprint density at radius 3 is 2.53 bits per heavy atom. The molecule has 2 fully saturated rings. The van der Waals surface area contributed by atoms with E-state index in [2.05, 4.69) is 20.1 Å². The van der Waals surface area contributed by atoms with Crippen molar-refractivity contribution in [2.75, 3.05) is 31.1 Å². The van der Waals surface area contributed by atoms with E-state index >= 15 is 0 Å². The van der Waals surface area contributed by atoms with Gasteiger partial charge in [0.2, 0.25) is 5.95 Å². The molecule has 2 saturated heterocycles. The lowest BCUT2D eigenvalue weighted by atomic mass is 10.1. The molecule has 3 aromatic rings. The molecule has 9 nitrogen and oxygen atoms in total. The van der Waals surface area contributed by atoms with Crippen molar-refractivity contribution in [1.82, 2.24) is 29.3 Å². The predicted octanol–water partition coefficient (Wildman–Crippen LogP) is 1.72. The molecule has 1 amide bonds. The number of Topliss-reactive ketones (excluding diaryl/α,β-unsaturated/α-hetero) is 1. The van der Waals surface area contributed by atoms with Crippen molar-refractivity contribution in [1.29, 1.82) is 0 Å². The molecule has 156 valence electrons. The number of aromatic nitrogens is 5. The van der Waals surface area contributed by atoms with Crippen LogP contribution in [0.5, 0.6) is 0 Å². The first kappa shape index (κ1) is 18.8. The highest BCUT2D eigenvalue weighted by molar-refractivity contribution is 6.07. The van der Waals surface area contributed by atoms with Crippen molar-refractivity contribution < 1.29 is 9.59 Å². The van der Waals surface area contributed by atoms with Gasteiger partial charge in [0.25, 0.3) is 5.91 Å². The van der Waals surface area contributed by atoms with Crippen LogP contribution in [-0.4, -0.2) is 67.1 Å². The minimum Gasteiger partial charge on any atom is -0.340 e. The number of amides is 1. The van der Waals surface area contributed by atoms with Gasteiger partial charge in [-0.1, -0.05) is 6.07 Å². The Kier molecular flexibility index (Phi) is 4.72. The van der Waals surface area contributed by atoms with E-state index in [-0.39, 0.29) is 18.1 Å². The first-order valence-corrected chi connectivity index (χ1v) is 10.5. The number of carbonyl (C=O) groups is 2. The number of hydrogen-bond donors (Lipinski definition) is 0. The van der Waals surface area contributed by atoms with Gasteiger partial charge in [-0.05, 0) is 37.3 Å². The minimum absolute atomic E-state index is 0.106. The number of nitrogens with zero attached hydrogens (tertiary/aromatic N) is 7. The number of anilines is 1. The molecule has 0 bridgehead atoms. The normalized spacial score (nSPS) is 16.7. The molecule has 5 rings (SSSR count). The second-order valence-electron chi connectivity index (χ2n) is 8.08. The molecule has 0 aliphatic carbocycles. The van der Waals surface area contributed by atoms with Gasteiger partial charge >= 0.3 is 0 Å². The molecule has 0 atom stereocenters. The lowest BCUT2D eigenvalue weighted by Crippen LogP contribution is -2.29. The summed E-state index contributed by atoms with van der Waals surface area (Å²) >= 11 is 0. The van der Waals surface area contributed by atoms with Gasteiger partial charge in [0.1, 0.15) is 5.69 Å². The lowest BCUT2D eigenvalue weighted by molar-refractivity contribution is 0.0786. The summed E-state index contributed by atoms with van der Waals surface area (Å²) in [5, 5.41) is 8.77. The van der Waals surface area contributed by atoms with Crippen molar-refractivity contribution in [2.45, 2.75) is 32.1 Å². The Balaban J connectivity index is 1.38. The quantitative estimate of drug-likeness (QED) is 0.599. The smallest absolute Gasteiger partial charge is 0.257 e. The summed E-state index contributed by atoms with van der Waals surface area (Å²) in [4.78, 5) is 34.5. The molecule has 2 aliphatic heterocycles. The van der Waals surface area contributed by atoms with E-state index in [0.717, 1.165) is 56.2 Å². The molecular weight excluding hydrogens is 382 g/mol. The summed E-state index contributed by atoms with van der Waals surface area (Å²) in [6, 6.07) is 3.78. The van der Waals surface area contributed by atoms with Crippen LogP contribution in [-0.2, 0) is 13.5 Å². The summed E-state index contributed by atoms with van der Waals surface area (Å²) in [5.74, 6) is 0.504. The SMILES string of the molecule is Cn1ncc(C(=O)N2CCCC2)c1C(=O)Cc1ccc2nc(N3CCCC3)nn2c1. The first-order valence-electron chi connectivity index (χ1n) is 10.5. The topological polar surface area (TPSA) is 88.6 Å². The highest BCUT2D eigenvalue weighted by Crippen LogP contribution is 2.20. The molecule has 0 saturated carbocycles. The largest absolute Gasteiger partial charge is 0.340 e. The fourth-order valence-corrected chi connectivity index (χ4v) is 4.35. The highest BCUT2D eigenvalue weighted by Gasteiger charge is 2.27. The van der Waals surface area contributed by atoms with Gasteiger partial charge in [0.15, 0.2) is 11.4 Å². The van der Waals surface area contributed by atoms with Gasteiger partial charge in [0, 0.05) is 45.8 Å².